The molecule has 0 aliphatic heterocycles. The van der Waals surface area contributed by atoms with Gasteiger partial charge in [-0.05, 0) is 42.7 Å². The number of aromatic nitrogens is 2. The summed E-state index contributed by atoms with van der Waals surface area (Å²) in [6, 6.07) is 3.85. The number of aryl methyl sites for hydroxylation is 3. The summed E-state index contributed by atoms with van der Waals surface area (Å²) in [6.07, 6.45) is 4.00. The van der Waals surface area contributed by atoms with E-state index in [4.69, 9.17) is 0 Å². The van der Waals surface area contributed by atoms with Crippen LogP contribution in [0, 0.1) is 13.8 Å². The number of hydrogen-bond donors (Lipinski definition) is 0. The van der Waals surface area contributed by atoms with Gasteiger partial charge in [-0.25, -0.2) is 0 Å². The molecule has 94 valence electrons. The molecule has 2 rings (SSSR count). The summed E-state index contributed by atoms with van der Waals surface area (Å²) < 4.78 is 2.78. The average molecular weight is 307 g/mol. The molecule has 0 aliphatic rings. The normalized spacial score (nSPS) is 10.7. The van der Waals surface area contributed by atoms with Crippen molar-refractivity contribution >= 4 is 21.7 Å². The summed E-state index contributed by atoms with van der Waals surface area (Å²) in [5.74, 6) is 0.127. The van der Waals surface area contributed by atoms with Gasteiger partial charge in [0.15, 0.2) is 5.78 Å². The Morgan fingerprint density at radius 2 is 1.94 bits per heavy atom. The van der Waals surface area contributed by atoms with Gasteiger partial charge in [0.05, 0.1) is 6.20 Å². The number of halogens is 1. The maximum absolute atomic E-state index is 12.2. The number of carbonyl (C=O) groups is 1. The Morgan fingerprint density at radius 3 is 2.44 bits per heavy atom. The molecule has 0 unspecified atom stereocenters. The molecule has 1 aromatic heterocycles. The van der Waals surface area contributed by atoms with E-state index in [9.17, 15) is 4.79 Å². The molecular weight excluding hydrogens is 292 g/mol. The van der Waals surface area contributed by atoms with Crippen molar-refractivity contribution in [2.75, 3.05) is 0 Å². The molecule has 0 N–H and O–H groups in total. The maximum atomic E-state index is 12.2. The van der Waals surface area contributed by atoms with E-state index < -0.39 is 0 Å². The first-order valence-corrected chi connectivity index (χ1v) is 6.54. The second-order valence-electron chi connectivity index (χ2n) is 4.55. The summed E-state index contributed by atoms with van der Waals surface area (Å²) in [4.78, 5) is 12.2. The first kappa shape index (κ1) is 13.0. The Balaban J connectivity index is 2.24. The number of Topliss-reactive ketones (excluding diaryl/α,β-unsaturated/α-hetero) is 1. The van der Waals surface area contributed by atoms with Gasteiger partial charge in [-0.15, -0.1) is 0 Å². The molecule has 1 heterocycles. The van der Waals surface area contributed by atoms with Gasteiger partial charge in [0, 0.05) is 29.7 Å². The lowest BCUT2D eigenvalue weighted by Crippen LogP contribution is -2.04. The van der Waals surface area contributed by atoms with E-state index in [1.807, 2.05) is 39.2 Å². The van der Waals surface area contributed by atoms with Crippen LogP contribution >= 0.6 is 15.9 Å². The highest BCUT2D eigenvalue weighted by atomic mass is 79.9. The Hall–Kier alpha value is -1.42. The Kier molecular flexibility index (Phi) is 3.66. The van der Waals surface area contributed by atoms with E-state index in [1.165, 1.54) is 0 Å². The average Bonchev–Trinajstić information content (AvgIpc) is 2.71. The molecule has 0 atom stereocenters. The first-order chi connectivity index (χ1) is 8.47. The number of rotatable bonds is 3. The predicted octanol–water partition coefficient (Wildman–Crippen LogP) is 3.22. The molecule has 0 spiro atoms. The SMILES string of the molecule is Cc1cc(C(=O)Cc2cnn(C)c2)cc(C)c1Br. The molecule has 0 aliphatic carbocycles. The molecule has 0 saturated carbocycles. The number of ketones is 1. The monoisotopic (exact) mass is 306 g/mol. The van der Waals surface area contributed by atoms with Gasteiger partial charge < -0.3 is 0 Å². The van der Waals surface area contributed by atoms with Crippen molar-refractivity contribution in [1.29, 1.82) is 0 Å². The van der Waals surface area contributed by atoms with E-state index in [1.54, 1.807) is 10.9 Å². The zero-order valence-corrected chi connectivity index (χ0v) is 12.3. The first-order valence-electron chi connectivity index (χ1n) is 5.75. The minimum Gasteiger partial charge on any atom is -0.294 e. The van der Waals surface area contributed by atoms with Crippen molar-refractivity contribution in [1.82, 2.24) is 9.78 Å². The molecule has 0 radical (unpaired) electrons. The fourth-order valence-electron chi connectivity index (χ4n) is 1.96. The fraction of sp³-hybridized carbons (Fsp3) is 0.286. The highest BCUT2D eigenvalue weighted by Crippen LogP contribution is 2.23. The van der Waals surface area contributed by atoms with Gasteiger partial charge in [0.2, 0.25) is 0 Å². The van der Waals surface area contributed by atoms with Crippen LogP contribution in [0.5, 0.6) is 0 Å². The minimum absolute atomic E-state index is 0.127. The van der Waals surface area contributed by atoms with E-state index in [0.29, 0.717) is 6.42 Å². The number of hydrogen-bond acceptors (Lipinski definition) is 2. The number of benzene rings is 1. The van der Waals surface area contributed by atoms with Crippen molar-refractivity contribution in [3.05, 3.63) is 51.3 Å². The second kappa shape index (κ2) is 5.06. The van der Waals surface area contributed by atoms with Crippen molar-refractivity contribution < 1.29 is 4.79 Å². The second-order valence-corrected chi connectivity index (χ2v) is 5.34. The van der Waals surface area contributed by atoms with Crippen LogP contribution in [0.25, 0.3) is 0 Å². The van der Waals surface area contributed by atoms with Crippen molar-refractivity contribution in [2.45, 2.75) is 20.3 Å². The number of nitrogens with zero attached hydrogens (tertiary/aromatic N) is 2. The largest absolute Gasteiger partial charge is 0.294 e. The lowest BCUT2D eigenvalue weighted by molar-refractivity contribution is 0.0993. The van der Waals surface area contributed by atoms with Gasteiger partial charge in [0.25, 0.3) is 0 Å². The maximum Gasteiger partial charge on any atom is 0.167 e. The van der Waals surface area contributed by atoms with E-state index >= 15 is 0 Å². The quantitative estimate of drug-likeness (QED) is 0.816. The minimum atomic E-state index is 0.127. The predicted molar refractivity (Wildman–Crippen MR) is 74.9 cm³/mol. The summed E-state index contributed by atoms with van der Waals surface area (Å²) in [5, 5.41) is 4.07. The van der Waals surface area contributed by atoms with Crippen LogP contribution in [-0.4, -0.2) is 15.6 Å². The lowest BCUT2D eigenvalue weighted by atomic mass is 10.0. The molecule has 3 nitrogen and oxygen atoms in total. The molecule has 0 bridgehead atoms. The van der Waals surface area contributed by atoms with E-state index in [-0.39, 0.29) is 5.78 Å². The topological polar surface area (TPSA) is 34.9 Å². The molecule has 2 aromatic rings. The van der Waals surface area contributed by atoms with Crippen molar-refractivity contribution in [3.63, 3.8) is 0 Å². The summed E-state index contributed by atoms with van der Waals surface area (Å²) in [5.41, 5.74) is 3.88. The van der Waals surface area contributed by atoms with E-state index in [0.717, 1.165) is 26.7 Å². The van der Waals surface area contributed by atoms with Crippen LogP contribution in [0.15, 0.2) is 29.0 Å². The van der Waals surface area contributed by atoms with Crippen LogP contribution < -0.4 is 0 Å². The molecule has 4 heteroatoms. The zero-order chi connectivity index (χ0) is 13.3. The van der Waals surface area contributed by atoms with Crippen LogP contribution in [0.4, 0.5) is 0 Å². The van der Waals surface area contributed by atoms with Crippen LogP contribution in [0.2, 0.25) is 0 Å². The fourth-order valence-corrected chi connectivity index (χ4v) is 2.19. The smallest absolute Gasteiger partial charge is 0.167 e. The molecule has 1 aromatic carbocycles. The summed E-state index contributed by atoms with van der Waals surface area (Å²) in [6.45, 7) is 4.00. The van der Waals surface area contributed by atoms with E-state index in [2.05, 4.69) is 21.0 Å². The van der Waals surface area contributed by atoms with Crippen molar-refractivity contribution in [3.8, 4) is 0 Å². The highest BCUT2D eigenvalue weighted by Gasteiger charge is 2.11. The Labute approximate surface area is 115 Å². The Morgan fingerprint density at radius 1 is 1.33 bits per heavy atom. The third-order valence-corrected chi connectivity index (χ3v) is 4.13. The Bertz CT molecular complexity index is 579. The third kappa shape index (κ3) is 2.70. The molecule has 0 saturated heterocycles. The van der Waals surface area contributed by atoms with Crippen LogP contribution in [0.3, 0.4) is 0 Å². The van der Waals surface area contributed by atoms with Crippen LogP contribution in [0.1, 0.15) is 27.0 Å². The molecular formula is C14H15BrN2O. The summed E-state index contributed by atoms with van der Waals surface area (Å²) in [7, 11) is 1.85. The van der Waals surface area contributed by atoms with Gasteiger partial charge in [-0.2, -0.15) is 5.10 Å². The molecule has 18 heavy (non-hydrogen) atoms. The molecule has 0 amide bonds. The molecule has 0 fully saturated rings. The van der Waals surface area contributed by atoms with Gasteiger partial charge >= 0.3 is 0 Å². The highest BCUT2D eigenvalue weighted by molar-refractivity contribution is 9.10. The summed E-state index contributed by atoms with van der Waals surface area (Å²) >= 11 is 3.51. The zero-order valence-electron chi connectivity index (χ0n) is 10.7. The van der Waals surface area contributed by atoms with Gasteiger partial charge in [-0.1, -0.05) is 15.9 Å². The number of carbonyl (C=O) groups excluding carboxylic acids is 1. The third-order valence-electron chi connectivity index (χ3n) is 2.88. The van der Waals surface area contributed by atoms with Crippen LogP contribution in [-0.2, 0) is 13.5 Å². The van der Waals surface area contributed by atoms with Gasteiger partial charge in [-0.3, -0.25) is 9.48 Å². The lowest BCUT2D eigenvalue weighted by Gasteiger charge is -2.06. The standard InChI is InChI=1S/C14H15BrN2O/c1-9-4-12(5-10(2)14(9)15)13(18)6-11-7-16-17(3)8-11/h4-5,7-8H,6H2,1-3H3. The van der Waals surface area contributed by atoms with Crippen molar-refractivity contribution in [2.24, 2.45) is 7.05 Å². The van der Waals surface area contributed by atoms with Gasteiger partial charge in [0.1, 0.15) is 0 Å².